The van der Waals surface area contributed by atoms with Crippen LogP contribution in [0.5, 0.6) is 11.5 Å². The smallest absolute Gasteiger partial charge is 0.286 e. The maximum atomic E-state index is 12.9. The number of ether oxygens (including phenoxy) is 2. The summed E-state index contributed by atoms with van der Waals surface area (Å²) < 4.78 is 12.2. The highest BCUT2D eigenvalue weighted by Crippen LogP contribution is 2.35. The van der Waals surface area contributed by atoms with Crippen LogP contribution < -0.4 is 9.47 Å². The Hall–Kier alpha value is -3.14. The number of aromatic nitrogens is 2. The lowest BCUT2D eigenvalue weighted by molar-refractivity contribution is -0.385. The number of hydrogen-bond donors (Lipinski definition) is 0. The number of nitro groups is 1. The molecule has 1 fully saturated rings. The zero-order chi connectivity index (χ0) is 20.1. The molecule has 1 aromatic heterocycles. The Kier molecular flexibility index (Phi) is 6.09. The van der Waals surface area contributed by atoms with Gasteiger partial charge in [0, 0.05) is 51.2 Å². The van der Waals surface area contributed by atoms with Crippen LogP contribution >= 0.6 is 0 Å². The van der Waals surface area contributed by atoms with Gasteiger partial charge in [-0.25, -0.2) is 0 Å². The summed E-state index contributed by atoms with van der Waals surface area (Å²) in [6.07, 6.45) is 3.66. The molecule has 0 radical (unpaired) electrons. The van der Waals surface area contributed by atoms with Crippen molar-refractivity contribution in [1.29, 1.82) is 0 Å². The normalized spacial score (nSPS) is 14.7. The fourth-order valence-corrected chi connectivity index (χ4v) is 3.21. The van der Waals surface area contributed by atoms with E-state index in [1.54, 1.807) is 11.1 Å². The van der Waals surface area contributed by atoms with E-state index in [1.165, 1.54) is 26.4 Å². The highest BCUT2D eigenvalue weighted by atomic mass is 16.6. The Morgan fingerprint density at radius 2 is 1.82 bits per heavy atom. The molecule has 2 heterocycles. The summed E-state index contributed by atoms with van der Waals surface area (Å²) in [5.41, 5.74) is -0.281. The van der Waals surface area contributed by atoms with E-state index in [0.717, 1.165) is 13.1 Å². The van der Waals surface area contributed by atoms with Gasteiger partial charge in [-0.15, -0.1) is 0 Å². The summed E-state index contributed by atoms with van der Waals surface area (Å²) >= 11 is 0. The molecule has 10 heteroatoms. The quantitative estimate of drug-likeness (QED) is 0.519. The maximum Gasteiger partial charge on any atom is 0.286 e. The number of nitro benzene ring substituents is 1. The van der Waals surface area contributed by atoms with Crippen LogP contribution in [0.15, 0.2) is 30.6 Å². The molecule has 0 atom stereocenters. The Balaban J connectivity index is 1.68. The third kappa shape index (κ3) is 4.22. The van der Waals surface area contributed by atoms with Crippen molar-refractivity contribution >= 4 is 11.6 Å². The third-order valence-electron chi connectivity index (χ3n) is 4.79. The topological polar surface area (TPSA) is 103 Å². The van der Waals surface area contributed by atoms with Crippen molar-refractivity contribution in [2.45, 2.75) is 6.54 Å². The van der Waals surface area contributed by atoms with E-state index in [1.807, 2.05) is 16.9 Å². The van der Waals surface area contributed by atoms with E-state index in [-0.39, 0.29) is 28.7 Å². The first-order valence-corrected chi connectivity index (χ1v) is 8.93. The van der Waals surface area contributed by atoms with E-state index >= 15 is 0 Å². The average Bonchev–Trinajstić information content (AvgIpc) is 3.24. The summed E-state index contributed by atoms with van der Waals surface area (Å²) in [7, 11) is 2.82. The minimum absolute atomic E-state index is 0.00708. The number of carbonyl (C=O) groups is 1. The molecule has 1 aliphatic heterocycles. The summed E-state index contributed by atoms with van der Waals surface area (Å²) in [6, 6.07) is 4.49. The molecule has 0 spiro atoms. The van der Waals surface area contributed by atoms with Crippen molar-refractivity contribution in [2.75, 3.05) is 46.9 Å². The molecule has 1 saturated heterocycles. The third-order valence-corrected chi connectivity index (χ3v) is 4.79. The first-order valence-electron chi connectivity index (χ1n) is 8.93. The van der Waals surface area contributed by atoms with E-state index in [0.29, 0.717) is 26.2 Å². The van der Waals surface area contributed by atoms with Crippen molar-refractivity contribution in [2.24, 2.45) is 0 Å². The Morgan fingerprint density at radius 1 is 1.14 bits per heavy atom. The van der Waals surface area contributed by atoms with E-state index in [9.17, 15) is 14.9 Å². The second kappa shape index (κ2) is 8.70. The molecule has 0 aliphatic carbocycles. The number of rotatable bonds is 7. The van der Waals surface area contributed by atoms with Gasteiger partial charge in [0.2, 0.25) is 0 Å². The molecule has 0 N–H and O–H groups in total. The first kappa shape index (κ1) is 19.6. The van der Waals surface area contributed by atoms with Gasteiger partial charge in [-0.05, 0) is 6.07 Å². The van der Waals surface area contributed by atoms with Crippen molar-refractivity contribution in [1.82, 2.24) is 19.6 Å². The molecule has 10 nitrogen and oxygen atoms in total. The van der Waals surface area contributed by atoms with Gasteiger partial charge in [-0.3, -0.25) is 24.5 Å². The summed E-state index contributed by atoms with van der Waals surface area (Å²) in [6.45, 7) is 4.03. The molecule has 3 rings (SSSR count). The van der Waals surface area contributed by atoms with E-state index in [2.05, 4.69) is 10.00 Å². The van der Waals surface area contributed by atoms with E-state index in [4.69, 9.17) is 9.47 Å². The fraction of sp³-hybridized carbons (Fsp3) is 0.444. The standard InChI is InChI=1S/C18H23N5O5/c1-27-16-12-14(15(23(25)26)13-17(16)28-2)18(24)21-9-6-20(7-10-21)8-11-22-5-3-4-19-22/h3-5,12-13H,6-11H2,1-2H3. The van der Waals surface area contributed by atoms with Crippen molar-refractivity contribution in [3.63, 3.8) is 0 Å². The van der Waals surface area contributed by atoms with E-state index < -0.39 is 4.92 Å². The number of hydrogen-bond acceptors (Lipinski definition) is 7. The number of benzene rings is 1. The molecule has 0 unspecified atom stereocenters. The lowest BCUT2D eigenvalue weighted by Gasteiger charge is -2.34. The zero-order valence-corrected chi connectivity index (χ0v) is 15.9. The van der Waals surface area contributed by atoms with Crippen LogP contribution in [-0.4, -0.2) is 77.4 Å². The predicted octanol–water partition coefficient (Wildman–Crippen LogP) is 1.27. The Morgan fingerprint density at radius 3 is 2.39 bits per heavy atom. The predicted molar refractivity (Wildman–Crippen MR) is 101 cm³/mol. The molecule has 150 valence electrons. The molecule has 28 heavy (non-hydrogen) atoms. The largest absolute Gasteiger partial charge is 0.493 e. The van der Waals surface area contributed by atoms with Crippen LogP contribution in [0.3, 0.4) is 0 Å². The highest BCUT2D eigenvalue weighted by molar-refractivity contribution is 5.99. The lowest BCUT2D eigenvalue weighted by atomic mass is 10.1. The minimum Gasteiger partial charge on any atom is -0.493 e. The van der Waals surface area contributed by atoms with Gasteiger partial charge in [-0.1, -0.05) is 0 Å². The highest BCUT2D eigenvalue weighted by Gasteiger charge is 2.29. The first-order chi connectivity index (χ1) is 13.5. The van der Waals surface area contributed by atoms with Crippen LogP contribution in [-0.2, 0) is 6.54 Å². The lowest BCUT2D eigenvalue weighted by Crippen LogP contribution is -2.49. The van der Waals surface area contributed by atoms with Gasteiger partial charge in [-0.2, -0.15) is 5.10 Å². The second-order valence-corrected chi connectivity index (χ2v) is 6.38. The Bertz CT molecular complexity index is 831. The molecule has 0 saturated carbocycles. The van der Waals surface area contributed by atoms with Crippen LogP contribution in [0.1, 0.15) is 10.4 Å². The Labute approximate surface area is 162 Å². The molecule has 0 bridgehead atoms. The fourth-order valence-electron chi connectivity index (χ4n) is 3.21. The van der Waals surface area contributed by atoms with Gasteiger partial charge in [0.05, 0.1) is 31.8 Å². The summed E-state index contributed by atoms with van der Waals surface area (Å²) in [4.78, 5) is 27.7. The number of amides is 1. The van der Waals surface area contributed by atoms with Crippen LogP contribution in [0, 0.1) is 10.1 Å². The molecule has 2 aromatic rings. The number of carbonyl (C=O) groups excluding carboxylic acids is 1. The van der Waals surface area contributed by atoms with Gasteiger partial charge in [0.1, 0.15) is 5.56 Å². The van der Waals surface area contributed by atoms with Crippen LogP contribution in [0.4, 0.5) is 5.69 Å². The number of piperazine rings is 1. The number of methoxy groups -OCH3 is 2. The summed E-state index contributed by atoms with van der Waals surface area (Å²) in [5, 5.41) is 15.6. The van der Waals surface area contributed by atoms with Crippen LogP contribution in [0.2, 0.25) is 0 Å². The second-order valence-electron chi connectivity index (χ2n) is 6.38. The van der Waals surface area contributed by atoms with Gasteiger partial charge < -0.3 is 14.4 Å². The SMILES string of the molecule is COc1cc(C(=O)N2CCN(CCn3cccn3)CC2)c([N+](=O)[O-])cc1OC. The van der Waals surface area contributed by atoms with Crippen molar-refractivity contribution in [3.8, 4) is 11.5 Å². The molecule has 1 amide bonds. The van der Waals surface area contributed by atoms with Gasteiger partial charge in [0.25, 0.3) is 11.6 Å². The molecule has 1 aromatic carbocycles. The number of nitrogens with zero attached hydrogens (tertiary/aromatic N) is 5. The summed E-state index contributed by atoms with van der Waals surface area (Å²) in [5.74, 6) is 0.128. The van der Waals surface area contributed by atoms with Crippen molar-refractivity contribution in [3.05, 3.63) is 46.3 Å². The average molecular weight is 389 g/mol. The van der Waals surface area contributed by atoms with Gasteiger partial charge >= 0.3 is 0 Å². The molecular formula is C18H23N5O5. The maximum absolute atomic E-state index is 12.9. The molecule has 1 aliphatic rings. The minimum atomic E-state index is -0.574. The van der Waals surface area contributed by atoms with Crippen molar-refractivity contribution < 1.29 is 19.2 Å². The van der Waals surface area contributed by atoms with Gasteiger partial charge in [0.15, 0.2) is 11.5 Å². The zero-order valence-electron chi connectivity index (χ0n) is 15.9. The monoisotopic (exact) mass is 389 g/mol. The van der Waals surface area contributed by atoms with Crippen LogP contribution in [0.25, 0.3) is 0 Å². The molecular weight excluding hydrogens is 366 g/mol.